The summed E-state index contributed by atoms with van der Waals surface area (Å²) in [7, 11) is 0. The minimum absolute atomic E-state index is 0.0288. The van der Waals surface area contributed by atoms with Crippen molar-refractivity contribution in [1.82, 2.24) is 14.5 Å². The molecule has 2 rings (SSSR count). The summed E-state index contributed by atoms with van der Waals surface area (Å²) in [4.78, 5) is 8.49. The molecule has 0 aliphatic carbocycles. The normalized spacial score (nSPS) is 11.7. The second-order valence-corrected chi connectivity index (χ2v) is 4.81. The van der Waals surface area contributed by atoms with Crippen LogP contribution in [0.25, 0.3) is 5.82 Å². The third-order valence-corrected chi connectivity index (χ3v) is 2.37. The Balaban J connectivity index is 2.53. The zero-order valence-corrected chi connectivity index (χ0v) is 9.81. The second-order valence-electron chi connectivity index (χ2n) is 4.81. The molecular formula is C12H16N4. The molecule has 84 valence electrons. The van der Waals surface area contributed by atoms with Crippen LogP contribution in [-0.4, -0.2) is 14.5 Å². The lowest BCUT2D eigenvalue weighted by molar-refractivity contribution is 0.567. The molecule has 0 aliphatic rings. The van der Waals surface area contributed by atoms with Gasteiger partial charge >= 0.3 is 0 Å². The molecule has 2 N–H and O–H groups in total. The molecule has 2 heterocycles. The molecule has 2 aromatic heterocycles. The van der Waals surface area contributed by atoms with Crippen molar-refractivity contribution in [3.05, 3.63) is 36.3 Å². The summed E-state index contributed by atoms with van der Waals surface area (Å²) in [5, 5.41) is 0. The lowest BCUT2D eigenvalue weighted by Crippen LogP contribution is -2.16. The number of hydrogen-bond donors (Lipinski definition) is 1. The van der Waals surface area contributed by atoms with Gasteiger partial charge in [-0.05, 0) is 12.1 Å². The first-order valence-electron chi connectivity index (χ1n) is 5.25. The first kappa shape index (κ1) is 10.7. The van der Waals surface area contributed by atoms with Crippen molar-refractivity contribution < 1.29 is 0 Å². The van der Waals surface area contributed by atoms with E-state index >= 15 is 0 Å². The molecule has 0 atom stereocenters. The van der Waals surface area contributed by atoms with E-state index in [9.17, 15) is 0 Å². The topological polar surface area (TPSA) is 56.7 Å². The van der Waals surface area contributed by atoms with Crippen LogP contribution in [0.4, 0.5) is 5.95 Å². The van der Waals surface area contributed by atoms with Gasteiger partial charge in [0, 0.05) is 23.9 Å². The maximum absolute atomic E-state index is 5.73. The average Bonchev–Trinajstić information content (AvgIpc) is 2.68. The van der Waals surface area contributed by atoms with Crippen LogP contribution in [0.3, 0.4) is 0 Å². The van der Waals surface area contributed by atoms with Crippen LogP contribution in [0, 0.1) is 0 Å². The van der Waals surface area contributed by atoms with Gasteiger partial charge in [-0.2, -0.15) is 4.98 Å². The summed E-state index contributed by atoms with van der Waals surface area (Å²) >= 11 is 0. The summed E-state index contributed by atoms with van der Waals surface area (Å²) in [5.41, 5.74) is 6.65. The molecule has 0 saturated carbocycles. The van der Waals surface area contributed by atoms with E-state index in [1.807, 2.05) is 35.2 Å². The number of hydrogen-bond acceptors (Lipinski definition) is 3. The van der Waals surface area contributed by atoms with Gasteiger partial charge in [0.2, 0.25) is 5.95 Å². The second kappa shape index (κ2) is 3.63. The Bertz CT molecular complexity index is 480. The van der Waals surface area contributed by atoms with E-state index in [1.165, 1.54) is 0 Å². The Morgan fingerprint density at radius 2 is 1.75 bits per heavy atom. The Kier molecular flexibility index (Phi) is 2.42. The van der Waals surface area contributed by atoms with Crippen LogP contribution < -0.4 is 5.73 Å². The van der Waals surface area contributed by atoms with Crippen molar-refractivity contribution >= 4 is 5.95 Å². The zero-order valence-electron chi connectivity index (χ0n) is 9.81. The highest BCUT2D eigenvalue weighted by Crippen LogP contribution is 2.22. The van der Waals surface area contributed by atoms with E-state index in [2.05, 4.69) is 30.7 Å². The molecule has 0 unspecified atom stereocenters. The molecule has 0 amide bonds. The summed E-state index contributed by atoms with van der Waals surface area (Å²) in [6.07, 6.45) is 3.88. The van der Waals surface area contributed by atoms with Gasteiger partial charge in [0.05, 0.1) is 5.69 Å². The fourth-order valence-electron chi connectivity index (χ4n) is 1.46. The molecule has 4 nitrogen and oxygen atoms in total. The number of nitrogens with two attached hydrogens (primary N) is 1. The summed E-state index contributed by atoms with van der Waals surface area (Å²) < 4.78 is 1.92. The largest absolute Gasteiger partial charge is 0.368 e. The predicted molar refractivity (Wildman–Crippen MR) is 64.5 cm³/mol. The number of aromatic nitrogens is 3. The molecular weight excluding hydrogens is 200 g/mol. The molecule has 0 aliphatic heterocycles. The highest BCUT2D eigenvalue weighted by molar-refractivity contribution is 5.34. The number of nitrogen functional groups attached to an aromatic ring is 1. The van der Waals surface area contributed by atoms with Crippen molar-refractivity contribution in [2.45, 2.75) is 26.2 Å². The fraction of sp³-hybridized carbons (Fsp3) is 0.333. The maximum atomic E-state index is 5.73. The Morgan fingerprint density at radius 1 is 1.12 bits per heavy atom. The predicted octanol–water partition coefficient (Wildman–Crippen LogP) is 2.15. The monoisotopic (exact) mass is 216 g/mol. The molecule has 0 fully saturated rings. The molecule has 0 radical (unpaired) electrons. The van der Waals surface area contributed by atoms with Gasteiger partial charge in [-0.1, -0.05) is 20.8 Å². The number of rotatable bonds is 1. The minimum Gasteiger partial charge on any atom is -0.368 e. The van der Waals surface area contributed by atoms with Gasteiger partial charge in [-0.3, -0.25) is 0 Å². The third-order valence-electron chi connectivity index (χ3n) is 2.37. The molecule has 0 bridgehead atoms. The van der Waals surface area contributed by atoms with Crippen LogP contribution in [-0.2, 0) is 5.41 Å². The standard InChI is InChI=1S/C12H16N4/c1-12(2,3)9-8-10(15-11(13)14-9)16-6-4-5-7-16/h4-8H,1-3H3,(H2,13,14,15). The number of anilines is 1. The first-order chi connectivity index (χ1) is 7.47. The highest BCUT2D eigenvalue weighted by Gasteiger charge is 2.17. The van der Waals surface area contributed by atoms with Crippen LogP contribution in [0.2, 0.25) is 0 Å². The van der Waals surface area contributed by atoms with Crippen molar-refractivity contribution in [1.29, 1.82) is 0 Å². The van der Waals surface area contributed by atoms with Gasteiger partial charge in [0.15, 0.2) is 0 Å². The molecule has 0 saturated heterocycles. The highest BCUT2D eigenvalue weighted by atomic mass is 15.1. The van der Waals surface area contributed by atoms with Crippen molar-refractivity contribution in [2.75, 3.05) is 5.73 Å². The molecule has 16 heavy (non-hydrogen) atoms. The van der Waals surface area contributed by atoms with Crippen molar-refractivity contribution in [3.8, 4) is 5.82 Å². The smallest absolute Gasteiger partial charge is 0.222 e. The Labute approximate surface area is 95.1 Å². The van der Waals surface area contributed by atoms with Gasteiger partial charge < -0.3 is 10.3 Å². The Morgan fingerprint density at radius 3 is 2.31 bits per heavy atom. The van der Waals surface area contributed by atoms with Crippen LogP contribution in [0.5, 0.6) is 0 Å². The van der Waals surface area contributed by atoms with Gasteiger partial charge in [0.25, 0.3) is 0 Å². The average molecular weight is 216 g/mol. The van der Waals surface area contributed by atoms with Crippen LogP contribution >= 0.6 is 0 Å². The lowest BCUT2D eigenvalue weighted by atomic mass is 9.92. The SMILES string of the molecule is CC(C)(C)c1cc(-n2cccc2)nc(N)n1. The quantitative estimate of drug-likeness (QED) is 0.794. The minimum atomic E-state index is -0.0288. The molecule has 0 spiro atoms. The molecule has 2 aromatic rings. The first-order valence-corrected chi connectivity index (χ1v) is 5.25. The fourth-order valence-corrected chi connectivity index (χ4v) is 1.46. The maximum Gasteiger partial charge on any atom is 0.222 e. The van der Waals surface area contributed by atoms with Crippen LogP contribution in [0.15, 0.2) is 30.6 Å². The summed E-state index contributed by atoms with van der Waals surface area (Å²) in [6.45, 7) is 6.32. The summed E-state index contributed by atoms with van der Waals surface area (Å²) in [6, 6.07) is 5.88. The number of nitrogens with zero attached hydrogens (tertiary/aromatic N) is 3. The third kappa shape index (κ3) is 2.05. The molecule has 0 aromatic carbocycles. The van der Waals surface area contributed by atoms with Crippen LogP contribution in [0.1, 0.15) is 26.5 Å². The molecule has 4 heteroatoms. The van der Waals surface area contributed by atoms with Gasteiger partial charge in [0.1, 0.15) is 5.82 Å². The Hall–Kier alpha value is -1.84. The summed E-state index contributed by atoms with van der Waals surface area (Å²) in [5.74, 6) is 1.12. The van der Waals surface area contributed by atoms with E-state index < -0.39 is 0 Å². The van der Waals surface area contributed by atoms with Gasteiger partial charge in [-0.15, -0.1) is 0 Å². The van der Waals surface area contributed by atoms with E-state index in [4.69, 9.17) is 5.73 Å². The lowest BCUT2D eigenvalue weighted by Gasteiger charge is -2.18. The van der Waals surface area contributed by atoms with Crippen molar-refractivity contribution in [3.63, 3.8) is 0 Å². The zero-order chi connectivity index (χ0) is 11.8. The van der Waals surface area contributed by atoms with E-state index in [0.717, 1.165) is 11.5 Å². The van der Waals surface area contributed by atoms with Gasteiger partial charge in [-0.25, -0.2) is 4.98 Å². The van der Waals surface area contributed by atoms with E-state index in [-0.39, 0.29) is 5.41 Å². The van der Waals surface area contributed by atoms with E-state index in [0.29, 0.717) is 5.95 Å². The van der Waals surface area contributed by atoms with E-state index in [1.54, 1.807) is 0 Å². The van der Waals surface area contributed by atoms with Crippen molar-refractivity contribution in [2.24, 2.45) is 0 Å².